The van der Waals surface area contributed by atoms with Crippen LogP contribution in [0.3, 0.4) is 0 Å². The monoisotopic (exact) mass is 1060 g/mol. The van der Waals surface area contributed by atoms with Crippen molar-refractivity contribution in [3.8, 4) is 0 Å². The van der Waals surface area contributed by atoms with Gasteiger partial charge in [-0.25, -0.2) is 0 Å². The second-order valence-corrected chi connectivity index (χ2v) is 22.2. The van der Waals surface area contributed by atoms with Crippen LogP contribution in [0.25, 0.3) is 0 Å². The molecule has 0 spiro atoms. The Balaban J connectivity index is 1.74. The molecule has 14 nitrogen and oxygen atoms in total. The average molecular weight is 1060 g/mol. The summed E-state index contributed by atoms with van der Waals surface area (Å²) in [7, 11) is 0. The molecular weight excluding hydrogens is 943 g/mol. The SMILES string of the molecule is CCCCCCCCCC/C=C\CCCCCCCCCCCC(=O)NC(COC1OC(CO)C(OC2OC(CO)C(O)C(O)C2O)C(O)C1O)C(O)CCCCCCCCCCCCCCCCCCCCC. The smallest absolute Gasteiger partial charge is 0.220 e. The van der Waals surface area contributed by atoms with Crippen LogP contribution in [0.1, 0.15) is 271 Å². The van der Waals surface area contributed by atoms with Crippen molar-refractivity contribution < 1.29 is 64.6 Å². The number of hydrogen-bond donors (Lipinski definition) is 9. The predicted molar refractivity (Wildman–Crippen MR) is 295 cm³/mol. The zero-order valence-corrected chi connectivity index (χ0v) is 47.1. The summed E-state index contributed by atoms with van der Waals surface area (Å²) in [4.78, 5) is 13.3. The molecule has 2 saturated heterocycles. The largest absolute Gasteiger partial charge is 0.394 e. The summed E-state index contributed by atoms with van der Waals surface area (Å²) in [5.74, 6) is -0.205. The van der Waals surface area contributed by atoms with Crippen molar-refractivity contribution in [2.75, 3.05) is 19.8 Å². The van der Waals surface area contributed by atoms with Crippen LogP contribution in [0.2, 0.25) is 0 Å². The molecule has 1 amide bonds. The van der Waals surface area contributed by atoms with E-state index in [0.717, 1.165) is 51.4 Å². The van der Waals surface area contributed by atoms with Gasteiger partial charge in [-0.05, 0) is 38.5 Å². The Labute approximate surface area is 450 Å². The first-order valence-electron chi connectivity index (χ1n) is 30.9. The van der Waals surface area contributed by atoms with Crippen LogP contribution < -0.4 is 5.32 Å². The van der Waals surface area contributed by atoms with Gasteiger partial charge in [0.15, 0.2) is 12.6 Å². The van der Waals surface area contributed by atoms with Crippen LogP contribution in [-0.4, -0.2) is 140 Å². The fourth-order valence-electron chi connectivity index (χ4n) is 10.5. The quantitative estimate of drug-likeness (QED) is 0.0204. The number of carbonyl (C=O) groups is 1. The lowest BCUT2D eigenvalue weighted by Gasteiger charge is -2.46. The first-order chi connectivity index (χ1) is 36.1. The van der Waals surface area contributed by atoms with Crippen LogP contribution in [0.5, 0.6) is 0 Å². The average Bonchev–Trinajstić information content (AvgIpc) is 3.40. The summed E-state index contributed by atoms with van der Waals surface area (Å²) in [6, 6.07) is -0.827. The number of aliphatic hydroxyl groups excluding tert-OH is 8. The maximum absolute atomic E-state index is 13.3. The minimum absolute atomic E-state index is 0.205. The molecule has 0 aromatic rings. The van der Waals surface area contributed by atoms with Gasteiger partial charge in [0.25, 0.3) is 0 Å². The number of allylic oxidation sites excluding steroid dienone is 2. The van der Waals surface area contributed by atoms with E-state index >= 15 is 0 Å². The van der Waals surface area contributed by atoms with E-state index in [4.69, 9.17) is 18.9 Å². The van der Waals surface area contributed by atoms with Crippen molar-refractivity contribution >= 4 is 5.91 Å². The minimum Gasteiger partial charge on any atom is -0.394 e. The highest BCUT2D eigenvalue weighted by Crippen LogP contribution is 2.30. The number of ether oxygens (including phenoxy) is 4. The molecule has 0 saturated carbocycles. The van der Waals surface area contributed by atoms with Gasteiger partial charge in [-0.1, -0.05) is 238 Å². The van der Waals surface area contributed by atoms with Crippen LogP contribution in [0.4, 0.5) is 0 Å². The standard InChI is InChI=1S/C60H115NO13/c1-3-5-7-9-11-13-15-17-19-21-23-24-26-28-30-32-34-36-38-40-42-44-52(65)61-48(49(64)43-41-39-37-35-33-31-29-27-25-22-20-18-16-14-12-10-8-6-4-2)47-71-59-57(70)55(68)58(51(46-63)73-59)74-60-56(69)54(67)53(66)50(45-62)72-60/h21,23,48-51,53-60,62-64,66-70H,3-20,22,24-47H2,1-2H3,(H,61,65)/b23-21-. The summed E-state index contributed by atoms with van der Waals surface area (Å²) < 4.78 is 22.9. The molecule has 2 aliphatic rings. The van der Waals surface area contributed by atoms with Gasteiger partial charge in [0, 0.05) is 6.42 Å². The normalized spacial score (nSPS) is 25.2. The van der Waals surface area contributed by atoms with E-state index in [2.05, 4.69) is 31.3 Å². The molecule has 12 unspecified atom stereocenters. The molecule has 0 aliphatic carbocycles. The molecule has 438 valence electrons. The maximum Gasteiger partial charge on any atom is 0.220 e. The first-order valence-corrected chi connectivity index (χ1v) is 30.9. The Morgan fingerprint density at radius 2 is 0.851 bits per heavy atom. The van der Waals surface area contributed by atoms with Crippen molar-refractivity contribution in [2.45, 2.75) is 344 Å². The van der Waals surface area contributed by atoms with Crippen LogP contribution in [0.15, 0.2) is 12.2 Å². The highest BCUT2D eigenvalue weighted by atomic mass is 16.7. The summed E-state index contributed by atoms with van der Waals surface area (Å²) in [5.41, 5.74) is 0. The Bertz CT molecular complexity index is 1290. The number of carbonyl (C=O) groups excluding carboxylic acids is 1. The number of nitrogens with one attached hydrogen (secondary N) is 1. The fourth-order valence-corrected chi connectivity index (χ4v) is 10.5. The molecule has 2 heterocycles. The fraction of sp³-hybridized carbons (Fsp3) is 0.950. The summed E-state index contributed by atoms with van der Waals surface area (Å²) in [6.07, 6.45) is 36.3. The van der Waals surface area contributed by atoms with Gasteiger partial charge in [0.2, 0.25) is 5.91 Å². The van der Waals surface area contributed by atoms with Crippen molar-refractivity contribution in [3.05, 3.63) is 12.2 Å². The lowest BCUT2D eigenvalue weighted by Crippen LogP contribution is -2.65. The van der Waals surface area contributed by atoms with Crippen LogP contribution in [0, 0.1) is 0 Å². The highest BCUT2D eigenvalue weighted by Gasteiger charge is 2.51. The van der Waals surface area contributed by atoms with E-state index < -0.39 is 86.8 Å². The highest BCUT2D eigenvalue weighted by molar-refractivity contribution is 5.76. The van der Waals surface area contributed by atoms with Crippen LogP contribution in [-0.2, 0) is 23.7 Å². The summed E-state index contributed by atoms with van der Waals surface area (Å²) in [6.45, 7) is 2.89. The third-order valence-electron chi connectivity index (χ3n) is 15.5. The van der Waals surface area contributed by atoms with E-state index in [1.54, 1.807) is 0 Å². The molecule has 0 aromatic heterocycles. The molecule has 0 radical (unpaired) electrons. The third kappa shape index (κ3) is 32.0. The molecule has 0 bridgehead atoms. The zero-order chi connectivity index (χ0) is 53.9. The molecule has 9 N–H and O–H groups in total. The molecule has 12 atom stereocenters. The Morgan fingerprint density at radius 1 is 0.473 bits per heavy atom. The summed E-state index contributed by atoms with van der Waals surface area (Å²) >= 11 is 0. The number of amides is 1. The van der Waals surface area contributed by atoms with Gasteiger partial charge < -0.3 is 65.1 Å². The second-order valence-electron chi connectivity index (χ2n) is 22.2. The van der Waals surface area contributed by atoms with Gasteiger partial charge in [-0.3, -0.25) is 4.79 Å². The Kier molecular flexibility index (Phi) is 43.4. The van der Waals surface area contributed by atoms with E-state index in [9.17, 15) is 45.6 Å². The number of rotatable bonds is 50. The van der Waals surface area contributed by atoms with E-state index in [1.807, 2.05) is 0 Å². The van der Waals surface area contributed by atoms with E-state index in [-0.39, 0.29) is 12.5 Å². The lowest BCUT2D eigenvalue weighted by atomic mass is 9.97. The van der Waals surface area contributed by atoms with Gasteiger partial charge >= 0.3 is 0 Å². The van der Waals surface area contributed by atoms with Gasteiger partial charge in [0.1, 0.15) is 48.8 Å². The van der Waals surface area contributed by atoms with Crippen molar-refractivity contribution in [1.29, 1.82) is 0 Å². The topological polar surface area (TPSA) is 228 Å². The second kappa shape index (κ2) is 46.6. The van der Waals surface area contributed by atoms with Gasteiger partial charge in [-0.15, -0.1) is 0 Å². The van der Waals surface area contributed by atoms with Gasteiger partial charge in [0.05, 0.1) is 32.0 Å². The predicted octanol–water partition coefficient (Wildman–Crippen LogP) is 10.7. The zero-order valence-electron chi connectivity index (χ0n) is 47.1. The molecular formula is C60H115NO13. The summed E-state index contributed by atoms with van der Waals surface area (Å²) in [5, 5.41) is 87.3. The number of aliphatic hydroxyl groups is 8. The first kappa shape index (κ1) is 68.8. The molecule has 2 aliphatic heterocycles. The molecule has 2 rings (SSSR count). The molecule has 14 heteroatoms. The van der Waals surface area contributed by atoms with E-state index in [0.29, 0.717) is 12.8 Å². The van der Waals surface area contributed by atoms with Crippen molar-refractivity contribution in [1.82, 2.24) is 5.32 Å². The molecule has 74 heavy (non-hydrogen) atoms. The van der Waals surface area contributed by atoms with Crippen molar-refractivity contribution in [3.63, 3.8) is 0 Å². The Hall–Kier alpha value is -1.27. The number of unbranched alkanes of at least 4 members (excludes halogenated alkanes) is 35. The van der Waals surface area contributed by atoms with Gasteiger partial charge in [-0.2, -0.15) is 0 Å². The lowest BCUT2D eigenvalue weighted by molar-refractivity contribution is -0.359. The third-order valence-corrected chi connectivity index (χ3v) is 15.5. The van der Waals surface area contributed by atoms with Crippen molar-refractivity contribution in [2.24, 2.45) is 0 Å². The molecule has 2 fully saturated rings. The van der Waals surface area contributed by atoms with E-state index in [1.165, 1.54) is 193 Å². The Morgan fingerprint density at radius 3 is 1.28 bits per heavy atom. The maximum atomic E-state index is 13.3. The van der Waals surface area contributed by atoms with Crippen LogP contribution >= 0.6 is 0 Å². The minimum atomic E-state index is -1.78. The molecule has 0 aromatic carbocycles. The number of hydrogen-bond acceptors (Lipinski definition) is 13.